The molecule has 1 aromatic heterocycles. The average Bonchev–Trinajstić information content (AvgIpc) is 2.95. The van der Waals surface area contributed by atoms with E-state index < -0.39 is 0 Å². The Labute approximate surface area is 123 Å². The Morgan fingerprint density at radius 3 is 2.86 bits per heavy atom. The van der Waals surface area contributed by atoms with E-state index >= 15 is 0 Å². The monoisotopic (exact) mass is 279 g/mol. The molecule has 0 bridgehead atoms. The number of aromatic amines is 1. The van der Waals surface area contributed by atoms with E-state index in [1.807, 2.05) is 48.8 Å². The lowest BCUT2D eigenvalue weighted by Crippen LogP contribution is -2.05. The molecular formula is C17H17N3O. The van der Waals surface area contributed by atoms with Crippen LogP contribution in [-0.4, -0.2) is 18.3 Å². The molecule has 4 nitrogen and oxygen atoms in total. The fourth-order valence-electron chi connectivity index (χ4n) is 2.21. The van der Waals surface area contributed by atoms with Crippen molar-refractivity contribution in [3.8, 4) is 5.75 Å². The van der Waals surface area contributed by atoms with Crippen LogP contribution in [0, 0.1) is 0 Å². The number of fused-ring (bicyclic) bond motifs is 1. The van der Waals surface area contributed by atoms with Gasteiger partial charge in [0.25, 0.3) is 0 Å². The summed E-state index contributed by atoms with van der Waals surface area (Å²) in [4.78, 5) is 3.22. The first kappa shape index (κ1) is 13.2. The number of hydrogen-bond donors (Lipinski definition) is 2. The van der Waals surface area contributed by atoms with Gasteiger partial charge < -0.3 is 15.1 Å². The second kappa shape index (κ2) is 6.13. The Morgan fingerprint density at radius 2 is 2.05 bits per heavy atom. The molecular weight excluding hydrogens is 262 g/mol. The largest absolute Gasteiger partial charge is 0.497 e. The molecule has 21 heavy (non-hydrogen) atoms. The molecule has 0 saturated carbocycles. The summed E-state index contributed by atoms with van der Waals surface area (Å²) in [5.41, 5.74) is 6.35. The van der Waals surface area contributed by atoms with Crippen molar-refractivity contribution in [3.05, 3.63) is 65.9 Å². The van der Waals surface area contributed by atoms with E-state index in [9.17, 15) is 0 Å². The quantitative estimate of drug-likeness (QED) is 0.556. The maximum Gasteiger partial charge on any atom is 0.120 e. The maximum absolute atomic E-state index is 5.21. The molecule has 4 heteroatoms. The Bertz CT molecular complexity index is 747. The smallest absolute Gasteiger partial charge is 0.120 e. The van der Waals surface area contributed by atoms with Crippen LogP contribution in [0.3, 0.4) is 0 Å². The SMILES string of the molecule is COc1ccc2c(C=NNCc3ccccc3)c[nH]c2c1. The highest BCUT2D eigenvalue weighted by molar-refractivity contribution is 5.99. The number of benzene rings is 2. The molecule has 0 aliphatic carbocycles. The number of nitrogens with one attached hydrogen (secondary N) is 2. The third-order valence-corrected chi connectivity index (χ3v) is 3.34. The molecule has 3 aromatic rings. The normalized spacial score (nSPS) is 11.1. The van der Waals surface area contributed by atoms with Crippen molar-refractivity contribution in [2.45, 2.75) is 6.54 Å². The van der Waals surface area contributed by atoms with Gasteiger partial charge >= 0.3 is 0 Å². The third-order valence-electron chi connectivity index (χ3n) is 3.34. The first-order valence-electron chi connectivity index (χ1n) is 6.82. The van der Waals surface area contributed by atoms with E-state index in [0.29, 0.717) is 6.54 Å². The molecule has 0 aliphatic rings. The van der Waals surface area contributed by atoms with Crippen molar-refractivity contribution in [1.82, 2.24) is 10.4 Å². The number of aromatic nitrogens is 1. The van der Waals surface area contributed by atoms with Gasteiger partial charge in [0, 0.05) is 28.7 Å². The summed E-state index contributed by atoms with van der Waals surface area (Å²) in [6, 6.07) is 16.1. The first-order valence-corrected chi connectivity index (χ1v) is 6.82. The van der Waals surface area contributed by atoms with Gasteiger partial charge in [0.05, 0.1) is 19.9 Å². The summed E-state index contributed by atoms with van der Waals surface area (Å²) in [5.74, 6) is 0.843. The number of methoxy groups -OCH3 is 1. The molecule has 2 N–H and O–H groups in total. The molecule has 0 fully saturated rings. The van der Waals surface area contributed by atoms with Crippen LogP contribution in [0.15, 0.2) is 59.8 Å². The second-order valence-corrected chi connectivity index (χ2v) is 4.73. The lowest BCUT2D eigenvalue weighted by molar-refractivity contribution is 0.415. The topological polar surface area (TPSA) is 49.4 Å². The number of ether oxygens (including phenoxy) is 1. The molecule has 2 aromatic carbocycles. The van der Waals surface area contributed by atoms with Gasteiger partial charge in [-0.15, -0.1) is 0 Å². The zero-order valence-electron chi connectivity index (χ0n) is 11.8. The molecule has 106 valence electrons. The minimum atomic E-state index is 0.716. The molecule has 0 radical (unpaired) electrons. The van der Waals surface area contributed by atoms with E-state index in [-0.39, 0.29) is 0 Å². The van der Waals surface area contributed by atoms with Gasteiger partial charge in [0.1, 0.15) is 5.75 Å². The highest BCUT2D eigenvalue weighted by Crippen LogP contribution is 2.22. The highest BCUT2D eigenvalue weighted by atomic mass is 16.5. The molecule has 0 atom stereocenters. The zero-order valence-corrected chi connectivity index (χ0v) is 11.8. The van der Waals surface area contributed by atoms with Crippen LogP contribution in [0.2, 0.25) is 0 Å². The van der Waals surface area contributed by atoms with E-state index in [0.717, 1.165) is 22.2 Å². The van der Waals surface area contributed by atoms with E-state index in [1.165, 1.54) is 5.56 Å². The first-order chi connectivity index (χ1) is 10.4. The molecule has 0 spiro atoms. The summed E-state index contributed by atoms with van der Waals surface area (Å²) in [7, 11) is 1.67. The predicted octanol–water partition coefficient (Wildman–Crippen LogP) is 3.30. The van der Waals surface area contributed by atoms with Crippen LogP contribution in [0.25, 0.3) is 10.9 Å². The summed E-state index contributed by atoms with van der Waals surface area (Å²) in [5, 5.41) is 5.40. The standard InChI is InChI=1S/C17H17N3O/c1-21-15-7-8-16-14(11-18-17(16)9-15)12-20-19-10-13-5-3-2-4-6-13/h2-9,11-12,18-19H,10H2,1H3. The Kier molecular flexibility index (Phi) is 3.87. The second-order valence-electron chi connectivity index (χ2n) is 4.73. The van der Waals surface area contributed by atoms with Crippen molar-refractivity contribution < 1.29 is 4.74 Å². The maximum atomic E-state index is 5.21. The zero-order chi connectivity index (χ0) is 14.5. The predicted molar refractivity (Wildman–Crippen MR) is 85.7 cm³/mol. The van der Waals surface area contributed by atoms with Crippen LogP contribution >= 0.6 is 0 Å². The van der Waals surface area contributed by atoms with Crippen molar-refractivity contribution in [2.24, 2.45) is 5.10 Å². The summed E-state index contributed by atoms with van der Waals surface area (Å²) < 4.78 is 5.21. The number of hydrazone groups is 1. The molecule has 0 amide bonds. The van der Waals surface area contributed by atoms with Gasteiger partial charge in [0.2, 0.25) is 0 Å². The third kappa shape index (κ3) is 3.05. The number of rotatable bonds is 5. The van der Waals surface area contributed by atoms with Gasteiger partial charge in [-0.1, -0.05) is 30.3 Å². The van der Waals surface area contributed by atoms with Crippen molar-refractivity contribution in [3.63, 3.8) is 0 Å². The molecule has 3 rings (SSSR count). The summed E-state index contributed by atoms with van der Waals surface area (Å²) in [6.07, 6.45) is 3.77. The van der Waals surface area contributed by atoms with Crippen LogP contribution in [0.1, 0.15) is 11.1 Å². The molecule has 0 saturated heterocycles. The fraction of sp³-hybridized carbons (Fsp3) is 0.118. The van der Waals surface area contributed by atoms with Gasteiger partial charge in [-0.3, -0.25) is 0 Å². The van der Waals surface area contributed by atoms with E-state index in [4.69, 9.17) is 4.74 Å². The lowest BCUT2D eigenvalue weighted by atomic mass is 10.2. The van der Waals surface area contributed by atoms with Crippen molar-refractivity contribution in [2.75, 3.05) is 7.11 Å². The fourth-order valence-corrected chi connectivity index (χ4v) is 2.21. The van der Waals surface area contributed by atoms with Crippen LogP contribution < -0.4 is 10.2 Å². The molecule has 1 heterocycles. The van der Waals surface area contributed by atoms with Gasteiger partial charge in [-0.25, -0.2) is 0 Å². The van der Waals surface area contributed by atoms with E-state index in [2.05, 4.69) is 27.6 Å². The minimum Gasteiger partial charge on any atom is -0.497 e. The van der Waals surface area contributed by atoms with Crippen molar-refractivity contribution in [1.29, 1.82) is 0 Å². The molecule has 0 unspecified atom stereocenters. The van der Waals surface area contributed by atoms with Crippen LogP contribution in [0.4, 0.5) is 0 Å². The highest BCUT2D eigenvalue weighted by Gasteiger charge is 2.02. The van der Waals surface area contributed by atoms with Gasteiger partial charge in [-0.05, 0) is 17.7 Å². The minimum absolute atomic E-state index is 0.716. The summed E-state index contributed by atoms with van der Waals surface area (Å²) in [6.45, 7) is 0.716. The molecule has 0 aliphatic heterocycles. The van der Waals surface area contributed by atoms with E-state index in [1.54, 1.807) is 7.11 Å². The van der Waals surface area contributed by atoms with Crippen LogP contribution in [0.5, 0.6) is 5.75 Å². The number of H-pyrrole nitrogens is 1. The average molecular weight is 279 g/mol. The van der Waals surface area contributed by atoms with Crippen molar-refractivity contribution >= 4 is 17.1 Å². The van der Waals surface area contributed by atoms with Gasteiger partial charge in [-0.2, -0.15) is 5.10 Å². The summed E-state index contributed by atoms with van der Waals surface area (Å²) >= 11 is 0. The lowest BCUT2D eigenvalue weighted by Gasteiger charge is -2.00. The number of hydrogen-bond acceptors (Lipinski definition) is 3. The van der Waals surface area contributed by atoms with Gasteiger partial charge in [0.15, 0.2) is 0 Å². The van der Waals surface area contributed by atoms with Crippen LogP contribution in [-0.2, 0) is 6.54 Å². The Balaban J connectivity index is 1.68. The number of nitrogens with zero attached hydrogens (tertiary/aromatic N) is 1. The Hall–Kier alpha value is -2.75. The Morgan fingerprint density at radius 1 is 1.19 bits per heavy atom.